The number of aromatic nitrogens is 2. The Balaban J connectivity index is 0.989. The molecule has 2 aromatic heterocycles. The van der Waals surface area contributed by atoms with Crippen LogP contribution in [0.5, 0.6) is 0 Å². The van der Waals surface area contributed by atoms with Crippen LogP contribution in [-0.4, -0.2) is 9.13 Å². The number of rotatable bonds is 4. The molecule has 0 amide bonds. The van der Waals surface area contributed by atoms with Gasteiger partial charge in [-0.05, 0) is 115 Å². The fourth-order valence-electron chi connectivity index (χ4n) is 11.0. The zero-order valence-electron chi connectivity index (χ0n) is 33.7. The van der Waals surface area contributed by atoms with Gasteiger partial charge in [0.15, 0.2) is 0 Å². The first kappa shape index (κ1) is 33.6. The summed E-state index contributed by atoms with van der Waals surface area (Å²) in [4.78, 5) is 0. The third-order valence-corrected chi connectivity index (χ3v) is 13.7. The van der Waals surface area contributed by atoms with Gasteiger partial charge in [0.25, 0.3) is 0 Å². The summed E-state index contributed by atoms with van der Waals surface area (Å²) >= 11 is 0. The van der Waals surface area contributed by atoms with Crippen LogP contribution in [0.4, 0.5) is 0 Å². The quantitative estimate of drug-likeness (QED) is 0.168. The van der Waals surface area contributed by atoms with Gasteiger partial charge in [-0.3, -0.25) is 0 Å². The van der Waals surface area contributed by atoms with E-state index in [-0.39, 0.29) is 0 Å². The third-order valence-electron chi connectivity index (χ3n) is 13.7. The molecule has 13 aromatic rings. The highest BCUT2D eigenvalue weighted by Gasteiger charge is 2.24. The van der Waals surface area contributed by atoms with Crippen LogP contribution in [0.15, 0.2) is 218 Å². The van der Waals surface area contributed by atoms with Crippen LogP contribution in [-0.2, 0) is 0 Å². The summed E-state index contributed by atoms with van der Waals surface area (Å²) in [5.41, 5.74) is 17.4. The third kappa shape index (κ3) is 4.58. The van der Waals surface area contributed by atoms with Gasteiger partial charge >= 0.3 is 0 Å². The Bertz CT molecular complexity index is 4000. The lowest BCUT2D eigenvalue weighted by Gasteiger charge is -2.17. The molecule has 0 saturated heterocycles. The molecule has 2 heterocycles. The van der Waals surface area contributed by atoms with Crippen LogP contribution in [0.25, 0.3) is 132 Å². The van der Waals surface area contributed by atoms with Crippen molar-refractivity contribution >= 4 is 75.9 Å². The monoisotopic (exact) mass is 784 g/mol. The smallest absolute Gasteiger partial charge is 0.0619 e. The van der Waals surface area contributed by atoms with Crippen LogP contribution >= 0.6 is 0 Å². The van der Waals surface area contributed by atoms with Crippen LogP contribution in [0.3, 0.4) is 0 Å². The SMILES string of the molecule is c1ccc(-n2c3ccccc3c3cc(-c4ccc5c(c4)c4ccc6ccccc6c4n5-c4ccc(-c5ccc6c7c(cccc57)-c5ccccc5-6)c5ccccc45)ccc32)cc1. The largest absolute Gasteiger partial charge is 0.309 e. The average Bonchev–Trinajstić information content (AvgIpc) is 3.98. The molecule has 0 unspecified atom stereocenters. The molecule has 2 heteroatoms. The molecule has 62 heavy (non-hydrogen) atoms. The molecule has 1 aliphatic carbocycles. The van der Waals surface area contributed by atoms with E-state index in [0.717, 1.165) is 0 Å². The molecule has 2 nitrogen and oxygen atoms in total. The summed E-state index contributed by atoms with van der Waals surface area (Å²) in [6, 6.07) is 81.0. The number of benzene rings is 11. The van der Waals surface area contributed by atoms with Gasteiger partial charge in [-0.15, -0.1) is 0 Å². The standard InChI is InChI=1S/C60H36N2/c1-2-14-40(15-3-1)61-55-24-11-10-21-48(55)53-35-38(26-32-57(53)61)39-27-33-58-54(36-39)52-28-25-37-13-4-5-16-41(37)60(52)62(58)56-34-31-45(42-17-8-9-20-47(42)56)46-29-30-51-44-19-7-6-18-43(44)49-22-12-23-50(46)59(49)51/h1-36H. The minimum atomic E-state index is 1.17. The summed E-state index contributed by atoms with van der Waals surface area (Å²) in [5, 5.41) is 12.6. The minimum absolute atomic E-state index is 1.17. The van der Waals surface area contributed by atoms with E-state index in [1.54, 1.807) is 0 Å². The second-order valence-corrected chi connectivity index (χ2v) is 16.8. The summed E-state index contributed by atoms with van der Waals surface area (Å²) in [6.45, 7) is 0. The summed E-state index contributed by atoms with van der Waals surface area (Å²) in [7, 11) is 0. The van der Waals surface area contributed by atoms with Gasteiger partial charge in [0, 0.05) is 38.0 Å². The molecule has 14 rings (SSSR count). The van der Waals surface area contributed by atoms with Gasteiger partial charge in [-0.2, -0.15) is 0 Å². The topological polar surface area (TPSA) is 9.86 Å². The Morgan fingerprint density at radius 3 is 1.61 bits per heavy atom. The molecule has 11 aromatic carbocycles. The van der Waals surface area contributed by atoms with Gasteiger partial charge < -0.3 is 9.13 Å². The zero-order valence-corrected chi connectivity index (χ0v) is 33.7. The Morgan fingerprint density at radius 1 is 0.258 bits per heavy atom. The number of nitrogens with zero attached hydrogens (tertiary/aromatic N) is 2. The molecule has 1 aliphatic rings. The maximum absolute atomic E-state index is 2.53. The molecule has 0 saturated carbocycles. The molecule has 0 N–H and O–H groups in total. The molecule has 0 bridgehead atoms. The van der Waals surface area contributed by atoms with E-state index in [1.165, 1.54) is 132 Å². The van der Waals surface area contributed by atoms with E-state index >= 15 is 0 Å². The van der Waals surface area contributed by atoms with Crippen molar-refractivity contribution in [1.82, 2.24) is 9.13 Å². The number of hydrogen-bond donors (Lipinski definition) is 0. The van der Waals surface area contributed by atoms with Crippen molar-refractivity contribution in [3.63, 3.8) is 0 Å². The Hall–Kier alpha value is -8.20. The fourth-order valence-corrected chi connectivity index (χ4v) is 11.0. The van der Waals surface area contributed by atoms with Gasteiger partial charge in [0.2, 0.25) is 0 Å². The van der Waals surface area contributed by atoms with Gasteiger partial charge in [-0.1, -0.05) is 170 Å². The normalized spacial score (nSPS) is 12.2. The van der Waals surface area contributed by atoms with Crippen molar-refractivity contribution in [2.24, 2.45) is 0 Å². The average molecular weight is 785 g/mol. The molecule has 0 spiro atoms. The lowest BCUT2D eigenvalue weighted by molar-refractivity contribution is 1.18. The van der Waals surface area contributed by atoms with Crippen molar-refractivity contribution < 1.29 is 0 Å². The maximum Gasteiger partial charge on any atom is 0.0619 e. The highest BCUT2D eigenvalue weighted by Crippen LogP contribution is 2.50. The zero-order chi connectivity index (χ0) is 40.5. The van der Waals surface area contributed by atoms with E-state index in [9.17, 15) is 0 Å². The Morgan fingerprint density at radius 2 is 0.806 bits per heavy atom. The van der Waals surface area contributed by atoms with Crippen molar-refractivity contribution in [2.45, 2.75) is 0 Å². The van der Waals surface area contributed by atoms with E-state index in [1.807, 2.05) is 0 Å². The van der Waals surface area contributed by atoms with Crippen LogP contribution in [0.2, 0.25) is 0 Å². The first-order valence-electron chi connectivity index (χ1n) is 21.5. The lowest BCUT2D eigenvalue weighted by atomic mass is 9.91. The number of fused-ring (bicyclic) bond motifs is 12. The molecule has 0 atom stereocenters. The van der Waals surface area contributed by atoms with E-state index in [0.29, 0.717) is 0 Å². The summed E-state index contributed by atoms with van der Waals surface area (Å²) < 4.78 is 4.92. The highest BCUT2D eigenvalue weighted by molar-refractivity contribution is 6.22. The molecule has 0 radical (unpaired) electrons. The molecule has 0 fully saturated rings. The summed E-state index contributed by atoms with van der Waals surface area (Å²) in [6.07, 6.45) is 0. The second-order valence-electron chi connectivity index (χ2n) is 16.8. The van der Waals surface area contributed by atoms with Crippen LogP contribution < -0.4 is 0 Å². The molecule has 286 valence electrons. The Kier molecular flexibility index (Phi) is 6.86. The molecular weight excluding hydrogens is 749 g/mol. The molecule has 0 aliphatic heterocycles. The van der Waals surface area contributed by atoms with E-state index in [4.69, 9.17) is 0 Å². The second kappa shape index (κ2) is 12.7. The number of para-hydroxylation sites is 2. The lowest BCUT2D eigenvalue weighted by Crippen LogP contribution is -1.97. The van der Waals surface area contributed by atoms with Crippen molar-refractivity contribution in [1.29, 1.82) is 0 Å². The van der Waals surface area contributed by atoms with E-state index in [2.05, 4.69) is 228 Å². The fraction of sp³-hybridized carbons (Fsp3) is 0. The first-order valence-corrected chi connectivity index (χ1v) is 21.5. The highest BCUT2D eigenvalue weighted by atomic mass is 15.0. The number of hydrogen-bond acceptors (Lipinski definition) is 0. The van der Waals surface area contributed by atoms with E-state index < -0.39 is 0 Å². The van der Waals surface area contributed by atoms with Gasteiger partial charge in [-0.25, -0.2) is 0 Å². The first-order chi connectivity index (χ1) is 30.8. The van der Waals surface area contributed by atoms with Gasteiger partial charge in [0.1, 0.15) is 0 Å². The van der Waals surface area contributed by atoms with Crippen LogP contribution in [0.1, 0.15) is 0 Å². The molecular formula is C60H36N2. The summed E-state index contributed by atoms with van der Waals surface area (Å²) in [5.74, 6) is 0. The predicted molar refractivity (Wildman–Crippen MR) is 263 cm³/mol. The maximum atomic E-state index is 2.53. The van der Waals surface area contributed by atoms with Gasteiger partial charge in [0.05, 0.1) is 27.8 Å². The van der Waals surface area contributed by atoms with Crippen molar-refractivity contribution in [3.05, 3.63) is 218 Å². The predicted octanol–water partition coefficient (Wildman–Crippen LogP) is 16.3. The van der Waals surface area contributed by atoms with Crippen molar-refractivity contribution in [3.8, 4) is 55.9 Å². The van der Waals surface area contributed by atoms with Crippen LogP contribution in [0, 0.1) is 0 Å². The Labute approximate surface area is 357 Å². The minimum Gasteiger partial charge on any atom is -0.309 e. The van der Waals surface area contributed by atoms with Crippen molar-refractivity contribution in [2.75, 3.05) is 0 Å².